The van der Waals surface area contributed by atoms with Crippen molar-refractivity contribution in [3.63, 3.8) is 0 Å². The molecule has 1 aromatic rings. The van der Waals surface area contributed by atoms with Gasteiger partial charge in [-0.3, -0.25) is 9.89 Å². The summed E-state index contributed by atoms with van der Waals surface area (Å²) in [6.45, 7) is 2.29. The number of anilines is 1. The third-order valence-corrected chi connectivity index (χ3v) is 2.10. The highest BCUT2D eigenvalue weighted by molar-refractivity contribution is 5.91. The van der Waals surface area contributed by atoms with Crippen LogP contribution in [0.2, 0.25) is 0 Å². The fraction of sp³-hybridized carbons (Fsp3) is 0.600. The summed E-state index contributed by atoms with van der Waals surface area (Å²) in [4.78, 5) is 11.3. The molecule has 0 fully saturated rings. The standard InChI is InChI=1S/C10H15F3N4O/c1-6(2)7-3-8(17-16-7)15-9(18)4-14-5-10(11,12)13/h3,6,14H,4-5H2,1-2H3,(H2,15,16,17,18). The molecule has 8 heteroatoms. The number of nitrogens with zero attached hydrogens (tertiary/aromatic N) is 1. The molecule has 0 spiro atoms. The molecule has 0 atom stereocenters. The highest BCUT2D eigenvalue weighted by Crippen LogP contribution is 2.14. The predicted molar refractivity (Wildman–Crippen MR) is 60.2 cm³/mol. The van der Waals surface area contributed by atoms with Crippen LogP contribution >= 0.6 is 0 Å². The lowest BCUT2D eigenvalue weighted by Crippen LogP contribution is -2.35. The maximum atomic E-state index is 11.8. The van der Waals surface area contributed by atoms with Gasteiger partial charge in [-0.15, -0.1) is 0 Å². The van der Waals surface area contributed by atoms with Crippen molar-refractivity contribution in [2.24, 2.45) is 0 Å². The number of aromatic amines is 1. The molecule has 1 aromatic heterocycles. The Balaban J connectivity index is 2.35. The van der Waals surface area contributed by atoms with E-state index in [1.54, 1.807) is 6.07 Å². The second-order valence-corrected chi connectivity index (χ2v) is 4.13. The van der Waals surface area contributed by atoms with E-state index in [2.05, 4.69) is 15.5 Å². The zero-order valence-corrected chi connectivity index (χ0v) is 10.1. The zero-order chi connectivity index (χ0) is 13.8. The molecule has 3 N–H and O–H groups in total. The van der Waals surface area contributed by atoms with Crippen LogP contribution < -0.4 is 10.6 Å². The van der Waals surface area contributed by atoms with Gasteiger partial charge in [-0.1, -0.05) is 13.8 Å². The van der Waals surface area contributed by atoms with Crippen molar-refractivity contribution < 1.29 is 18.0 Å². The summed E-state index contributed by atoms with van der Waals surface area (Å²) in [5, 5.41) is 10.9. The van der Waals surface area contributed by atoms with Gasteiger partial charge in [0.1, 0.15) is 0 Å². The van der Waals surface area contributed by atoms with Crippen molar-refractivity contribution in [1.82, 2.24) is 15.5 Å². The number of carbonyl (C=O) groups excluding carboxylic acids is 1. The molecule has 1 rings (SSSR count). The van der Waals surface area contributed by atoms with E-state index in [0.717, 1.165) is 5.69 Å². The highest BCUT2D eigenvalue weighted by atomic mass is 19.4. The summed E-state index contributed by atoms with van der Waals surface area (Å²) in [7, 11) is 0. The van der Waals surface area contributed by atoms with Gasteiger partial charge in [0, 0.05) is 11.8 Å². The Morgan fingerprint density at radius 2 is 2.17 bits per heavy atom. The Kier molecular flexibility index (Phi) is 4.71. The van der Waals surface area contributed by atoms with Gasteiger partial charge in [-0.2, -0.15) is 18.3 Å². The summed E-state index contributed by atoms with van der Waals surface area (Å²) in [5.74, 6) is -0.0370. The van der Waals surface area contributed by atoms with Gasteiger partial charge in [0.2, 0.25) is 5.91 Å². The zero-order valence-electron chi connectivity index (χ0n) is 10.1. The molecular weight excluding hydrogens is 249 g/mol. The van der Waals surface area contributed by atoms with E-state index in [1.165, 1.54) is 0 Å². The average Bonchev–Trinajstić information content (AvgIpc) is 2.64. The molecule has 1 amide bonds. The van der Waals surface area contributed by atoms with Crippen LogP contribution in [0.4, 0.5) is 19.0 Å². The minimum Gasteiger partial charge on any atom is -0.308 e. The van der Waals surface area contributed by atoms with E-state index in [0.29, 0.717) is 5.82 Å². The molecule has 0 aliphatic heterocycles. The molecule has 0 aliphatic carbocycles. The Morgan fingerprint density at radius 3 is 2.67 bits per heavy atom. The van der Waals surface area contributed by atoms with Gasteiger partial charge in [0.15, 0.2) is 5.82 Å². The van der Waals surface area contributed by atoms with E-state index >= 15 is 0 Å². The van der Waals surface area contributed by atoms with Crippen LogP contribution in [-0.2, 0) is 4.79 Å². The number of aromatic nitrogens is 2. The van der Waals surface area contributed by atoms with E-state index in [1.807, 2.05) is 19.2 Å². The Bertz CT molecular complexity index is 400. The Labute approximate surface area is 102 Å². The SMILES string of the molecule is CC(C)c1cc(NC(=O)CNCC(F)(F)F)n[nH]1. The van der Waals surface area contributed by atoms with Gasteiger partial charge in [0.25, 0.3) is 0 Å². The van der Waals surface area contributed by atoms with E-state index in [4.69, 9.17) is 0 Å². The quantitative estimate of drug-likeness (QED) is 0.757. The molecule has 0 bridgehead atoms. The van der Waals surface area contributed by atoms with Crippen LogP contribution in [0, 0.1) is 0 Å². The van der Waals surface area contributed by atoms with Gasteiger partial charge >= 0.3 is 6.18 Å². The summed E-state index contributed by atoms with van der Waals surface area (Å²) >= 11 is 0. The van der Waals surface area contributed by atoms with Crippen LogP contribution in [-0.4, -0.2) is 35.4 Å². The maximum absolute atomic E-state index is 11.8. The van der Waals surface area contributed by atoms with Crippen LogP contribution in [0.15, 0.2) is 6.07 Å². The highest BCUT2D eigenvalue weighted by Gasteiger charge is 2.26. The molecular formula is C10H15F3N4O. The predicted octanol–water partition coefficient (Wildman–Crippen LogP) is 1.62. The van der Waals surface area contributed by atoms with Gasteiger partial charge < -0.3 is 10.6 Å². The number of rotatable bonds is 5. The van der Waals surface area contributed by atoms with E-state index < -0.39 is 25.2 Å². The smallest absolute Gasteiger partial charge is 0.308 e. The third-order valence-electron chi connectivity index (χ3n) is 2.10. The van der Waals surface area contributed by atoms with Crippen LogP contribution in [0.5, 0.6) is 0 Å². The van der Waals surface area contributed by atoms with Crippen LogP contribution in [0.25, 0.3) is 0 Å². The number of amides is 1. The molecule has 0 radical (unpaired) electrons. The van der Waals surface area contributed by atoms with Crippen molar-refractivity contribution in [2.75, 3.05) is 18.4 Å². The van der Waals surface area contributed by atoms with Gasteiger partial charge in [-0.25, -0.2) is 0 Å². The second kappa shape index (κ2) is 5.85. The molecule has 5 nitrogen and oxygen atoms in total. The van der Waals surface area contributed by atoms with E-state index in [9.17, 15) is 18.0 Å². The summed E-state index contributed by atoms with van der Waals surface area (Å²) < 4.78 is 35.4. The fourth-order valence-electron chi connectivity index (χ4n) is 1.20. The number of alkyl halides is 3. The average molecular weight is 264 g/mol. The monoisotopic (exact) mass is 264 g/mol. The van der Waals surface area contributed by atoms with Crippen molar-refractivity contribution in [3.05, 3.63) is 11.8 Å². The Hall–Kier alpha value is -1.57. The van der Waals surface area contributed by atoms with Crippen molar-refractivity contribution >= 4 is 11.7 Å². The maximum Gasteiger partial charge on any atom is 0.401 e. The summed E-state index contributed by atoms with van der Waals surface area (Å²) in [6, 6.07) is 1.65. The first-order valence-electron chi connectivity index (χ1n) is 5.40. The minimum atomic E-state index is -4.32. The number of hydrogen-bond acceptors (Lipinski definition) is 3. The van der Waals surface area contributed by atoms with E-state index in [-0.39, 0.29) is 5.92 Å². The lowest BCUT2D eigenvalue weighted by Gasteiger charge is -2.07. The normalized spacial score (nSPS) is 11.9. The molecule has 18 heavy (non-hydrogen) atoms. The fourth-order valence-corrected chi connectivity index (χ4v) is 1.20. The van der Waals surface area contributed by atoms with Crippen LogP contribution in [0.3, 0.4) is 0 Å². The van der Waals surface area contributed by atoms with Crippen LogP contribution in [0.1, 0.15) is 25.5 Å². The molecule has 0 unspecified atom stereocenters. The number of hydrogen-bond donors (Lipinski definition) is 3. The minimum absolute atomic E-state index is 0.228. The molecule has 0 aliphatic rings. The first kappa shape index (κ1) is 14.5. The van der Waals surface area contributed by atoms with Crippen molar-refractivity contribution in [3.8, 4) is 0 Å². The molecule has 1 heterocycles. The largest absolute Gasteiger partial charge is 0.401 e. The first-order chi connectivity index (χ1) is 8.28. The third kappa shape index (κ3) is 5.17. The first-order valence-corrected chi connectivity index (χ1v) is 5.40. The van der Waals surface area contributed by atoms with Crippen molar-refractivity contribution in [1.29, 1.82) is 0 Å². The summed E-state index contributed by atoms with van der Waals surface area (Å²) in [6.07, 6.45) is -4.32. The number of carbonyl (C=O) groups is 1. The Morgan fingerprint density at radius 1 is 1.50 bits per heavy atom. The number of halogens is 3. The van der Waals surface area contributed by atoms with Crippen molar-refractivity contribution in [2.45, 2.75) is 25.9 Å². The lowest BCUT2D eigenvalue weighted by molar-refractivity contribution is -0.126. The number of H-pyrrole nitrogens is 1. The topological polar surface area (TPSA) is 69.8 Å². The number of nitrogens with one attached hydrogen (secondary N) is 3. The summed E-state index contributed by atoms with van der Waals surface area (Å²) in [5.41, 5.74) is 0.841. The molecule has 102 valence electrons. The van der Waals surface area contributed by atoms with Gasteiger partial charge in [0.05, 0.1) is 13.1 Å². The lowest BCUT2D eigenvalue weighted by atomic mass is 10.1. The second-order valence-electron chi connectivity index (χ2n) is 4.13. The molecule has 0 aromatic carbocycles. The molecule has 0 saturated heterocycles. The van der Waals surface area contributed by atoms with Gasteiger partial charge in [-0.05, 0) is 5.92 Å². The molecule has 0 saturated carbocycles.